The van der Waals surface area contributed by atoms with Crippen LogP contribution in [0.5, 0.6) is 0 Å². The summed E-state index contributed by atoms with van der Waals surface area (Å²) in [6.45, 7) is 4.38. The van der Waals surface area contributed by atoms with Gasteiger partial charge in [-0.25, -0.2) is 9.78 Å². The van der Waals surface area contributed by atoms with E-state index < -0.39 is 6.09 Å². The Morgan fingerprint density at radius 3 is 3.23 bits per heavy atom. The lowest BCUT2D eigenvalue weighted by molar-refractivity contribution is 0.130. The number of oxazole rings is 1. The van der Waals surface area contributed by atoms with E-state index in [1.165, 1.54) is 4.90 Å². The van der Waals surface area contributed by atoms with Crippen molar-refractivity contribution in [3.63, 3.8) is 0 Å². The average molecular weight is 304 g/mol. The molecule has 1 amide bonds. The first kappa shape index (κ1) is 14.6. The summed E-state index contributed by atoms with van der Waals surface area (Å²) < 4.78 is 5.58. The topological polar surface area (TPSA) is 90.6 Å². The normalized spacial score (nSPS) is 18.6. The smallest absolute Gasteiger partial charge is 0.407 e. The Kier molecular flexibility index (Phi) is 4.15. The lowest BCUT2D eigenvalue weighted by atomic mass is 10.2. The summed E-state index contributed by atoms with van der Waals surface area (Å²) in [7, 11) is 0. The minimum atomic E-state index is -0.859. The number of nitrogens with one attached hydrogen (secondary N) is 2. The molecular weight excluding hydrogens is 284 g/mol. The molecule has 0 unspecified atom stereocenters. The number of anilines is 1. The second-order valence-corrected chi connectivity index (χ2v) is 5.40. The highest BCUT2D eigenvalue weighted by Gasteiger charge is 2.22. The highest BCUT2D eigenvalue weighted by molar-refractivity contribution is 5.77. The molecule has 1 fully saturated rings. The summed E-state index contributed by atoms with van der Waals surface area (Å²) in [6.07, 6.45) is -0.0864. The lowest BCUT2D eigenvalue weighted by Crippen LogP contribution is -2.54. The van der Waals surface area contributed by atoms with Gasteiger partial charge >= 0.3 is 6.09 Å². The number of aromatic nitrogens is 1. The Balaban J connectivity index is 1.62. The first-order chi connectivity index (χ1) is 10.7. The number of nitrogens with zero attached hydrogens (tertiary/aromatic N) is 2. The molecule has 1 aromatic heterocycles. The van der Waals surface area contributed by atoms with Gasteiger partial charge in [-0.2, -0.15) is 0 Å². The third kappa shape index (κ3) is 3.14. The maximum Gasteiger partial charge on any atom is 0.407 e. The second-order valence-electron chi connectivity index (χ2n) is 5.40. The van der Waals surface area contributed by atoms with E-state index in [1.807, 2.05) is 25.1 Å². The van der Waals surface area contributed by atoms with Crippen molar-refractivity contribution in [3.8, 4) is 0 Å². The van der Waals surface area contributed by atoms with Gasteiger partial charge in [-0.1, -0.05) is 6.92 Å². The fourth-order valence-electron chi connectivity index (χ4n) is 2.61. The predicted octanol–water partition coefficient (Wildman–Crippen LogP) is 1.75. The molecule has 3 N–H and O–H groups in total. The van der Waals surface area contributed by atoms with Crippen LogP contribution in [0.2, 0.25) is 0 Å². The van der Waals surface area contributed by atoms with Gasteiger partial charge in [0.1, 0.15) is 5.52 Å². The molecule has 0 radical (unpaired) electrons. The molecule has 1 aromatic carbocycles. The summed E-state index contributed by atoms with van der Waals surface area (Å²) in [6, 6.07) is 5.91. The van der Waals surface area contributed by atoms with Crippen molar-refractivity contribution in [2.75, 3.05) is 31.5 Å². The molecule has 7 heteroatoms. The molecule has 1 atom stereocenters. The van der Waals surface area contributed by atoms with E-state index in [9.17, 15) is 4.79 Å². The molecule has 22 heavy (non-hydrogen) atoms. The molecule has 0 bridgehead atoms. The number of amides is 1. The van der Waals surface area contributed by atoms with E-state index in [1.54, 1.807) is 0 Å². The number of carboxylic acid groups (broad SMARTS) is 1. The van der Waals surface area contributed by atoms with Crippen LogP contribution in [0.25, 0.3) is 11.1 Å². The van der Waals surface area contributed by atoms with Crippen LogP contribution < -0.4 is 10.6 Å². The van der Waals surface area contributed by atoms with Gasteiger partial charge in [0.15, 0.2) is 11.5 Å². The minimum absolute atomic E-state index is 0.101. The highest BCUT2D eigenvalue weighted by atomic mass is 16.4. The van der Waals surface area contributed by atoms with Crippen LogP contribution in [0.15, 0.2) is 22.6 Å². The van der Waals surface area contributed by atoms with E-state index in [4.69, 9.17) is 9.52 Å². The van der Waals surface area contributed by atoms with Crippen molar-refractivity contribution in [1.29, 1.82) is 0 Å². The third-order valence-electron chi connectivity index (χ3n) is 3.81. The van der Waals surface area contributed by atoms with Crippen molar-refractivity contribution in [2.24, 2.45) is 0 Å². The standard InChI is InChI=1S/C15H20N4O3/c1-2-14-18-12-7-10(3-4-13(12)22-14)17-8-11-9-19(15(20)21)6-5-16-11/h3-4,7,11,16-17H,2,5-6,8-9H2,1H3,(H,20,21)/t11-/m1/s1. The fourth-order valence-corrected chi connectivity index (χ4v) is 2.61. The average Bonchev–Trinajstić information content (AvgIpc) is 2.95. The highest BCUT2D eigenvalue weighted by Crippen LogP contribution is 2.20. The molecule has 2 heterocycles. The van der Waals surface area contributed by atoms with Crippen LogP contribution in [-0.4, -0.2) is 53.3 Å². The number of piperazine rings is 1. The van der Waals surface area contributed by atoms with Crippen molar-refractivity contribution in [3.05, 3.63) is 24.1 Å². The van der Waals surface area contributed by atoms with Gasteiger partial charge < -0.3 is 25.1 Å². The molecule has 1 aliphatic heterocycles. The van der Waals surface area contributed by atoms with Crippen LogP contribution in [0, 0.1) is 0 Å². The van der Waals surface area contributed by atoms with Crippen molar-refractivity contribution >= 4 is 22.9 Å². The molecule has 0 aliphatic carbocycles. The Labute approximate surface area is 128 Å². The van der Waals surface area contributed by atoms with Crippen LogP contribution in [0.1, 0.15) is 12.8 Å². The van der Waals surface area contributed by atoms with Gasteiger partial charge in [0.2, 0.25) is 0 Å². The quantitative estimate of drug-likeness (QED) is 0.797. The second kappa shape index (κ2) is 6.23. The zero-order valence-electron chi connectivity index (χ0n) is 12.5. The maximum absolute atomic E-state index is 11.0. The summed E-state index contributed by atoms with van der Waals surface area (Å²) in [5.74, 6) is 0.734. The fraction of sp³-hybridized carbons (Fsp3) is 0.467. The molecule has 1 aliphatic rings. The number of rotatable bonds is 4. The number of carbonyl (C=O) groups is 1. The molecule has 2 aromatic rings. The molecule has 3 rings (SSSR count). The number of aryl methyl sites for hydroxylation is 1. The molecule has 0 spiro atoms. The number of benzene rings is 1. The molecule has 0 saturated carbocycles. The molecule has 1 saturated heterocycles. The number of fused-ring (bicyclic) bond motifs is 1. The van der Waals surface area contributed by atoms with Crippen molar-refractivity contribution < 1.29 is 14.3 Å². The zero-order chi connectivity index (χ0) is 15.5. The molecule has 118 valence electrons. The summed E-state index contributed by atoms with van der Waals surface area (Å²) in [5.41, 5.74) is 2.58. The molecule has 7 nitrogen and oxygen atoms in total. The first-order valence-corrected chi connectivity index (χ1v) is 7.50. The van der Waals surface area contributed by atoms with Crippen LogP contribution in [0.4, 0.5) is 10.5 Å². The Hall–Kier alpha value is -2.28. The van der Waals surface area contributed by atoms with Gasteiger partial charge in [-0.3, -0.25) is 0 Å². The number of hydrogen-bond donors (Lipinski definition) is 3. The van der Waals surface area contributed by atoms with Gasteiger partial charge in [-0.05, 0) is 18.2 Å². The van der Waals surface area contributed by atoms with E-state index in [0.717, 1.165) is 29.1 Å². The van der Waals surface area contributed by atoms with Gasteiger partial charge in [0.25, 0.3) is 0 Å². The van der Waals surface area contributed by atoms with Crippen molar-refractivity contribution in [1.82, 2.24) is 15.2 Å². The summed E-state index contributed by atoms with van der Waals surface area (Å²) in [5, 5.41) is 15.7. The summed E-state index contributed by atoms with van der Waals surface area (Å²) in [4.78, 5) is 16.9. The lowest BCUT2D eigenvalue weighted by Gasteiger charge is -2.32. The Bertz CT molecular complexity index is 670. The summed E-state index contributed by atoms with van der Waals surface area (Å²) >= 11 is 0. The van der Waals surface area contributed by atoms with E-state index in [0.29, 0.717) is 26.2 Å². The van der Waals surface area contributed by atoms with E-state index >= 15 is 0 Å². The van der Waals surface area contributed by atoms with Gasteiger partial charge in [0.05, 0.1) is 0 Å². The van der Waals surface area contributed by atoms with Crippen LogP contribution >= 0.6 is 0 Å². The van der Waals surface area contributed by atoms with E-state index in [2.05, 4.69) is 15.6 Å². The third-order valence-corrected chi connectivity index (χ3v) is 3.81. The van der Waals surface area contributed by atoms with Gasteiger partial charge in [0, 0.05) is 44.3 Å². The zero-order valence-corrected chi connectivity index (χ0v) is 12.5. The largest absolute Gasteiger partial charge is 0.465 e. The SMILES string of the molecule is CCc1nc2cc(NC[C@@H]3CN(C(=O)O)CCN3)ccc2o1. The maximum atomic E-state index is 11.0. The minimum Gasteiger partial charge on any atom is -0.465 e. The van der Waals surface area contributed by atoms with Gasteiger partial charge in [-0.15, -0.1) is 0 Å². The monoisotopic (exact) mass is 304 g/mol. The van der Waals surface area contributed by atoms with Crippen LogP contribution in [0.3, 0.4) is 0 Å². The predicted molar refractivity (Wildman–Crippen MR) is 83.3 cm³/mol. The Morgan fingerprint density at radius 2 is 2.45 bits per heavy atom. The number of hydrogen-bond acceptors (Lipinski definition) is 5. The first-order valence-electron chi connectivity index (χ1n) is 7.50. The van der Waals surface area contributed by atoms with E-state index in [-0.39, 0.29) is 6.04 Å². The van der Waals surface area contributed by atoms with Crippen molar-refractivity contribution in [2.45, 2.75) is 19.4 Å². The Morgan fingerprint density at radius 1 is 1.59 bits per heavy atom. The van der Waals surface area contributed by atoms with Crippen LogP contribution in [-0.2, 0) is 6.42 Å². The molecular formula is C15H20N4O3.